The second-order valence-corrected chi connectivity index (χ2v) is 10.5. The van der Waals surface area contributed by atoms with Gasteiger partial charge in [0, 0.05) is 31.7 Å². The number of alkyl carbamates (subject to hydrolysis) is 1. The molecule has 14 heteroatoms. The molecule has 3 atom stereocenters. The average molecular weight is 540 g/mol. The predicted molar refractivity (Wildman–Crippen MR) is 126 cm³/mol. The van der Waals surface area contributed by atoms with Crippen LogP contribution in [-0.2, 0) is 29.6 Å². The van der Waals surface area contributed by atoms with E-state index in [0.29, 0.717) is 30.0 Å². The summed E-state index contributed by atoms with van der Waals surface area (Å²) in [4.78, 5) is 19.2. The lowest BCUT2D eigenvalue weighted by molar-refractivity contribution is -0.0630. The largest absolute Gasteiger partial charge is 0.444 e. The third-order valence-electron chi connectivity index (χ3n) is 6.73. The van der Waals surface area contributed by atoms with Gasteiger partial charge in [0.15, 0.2) is 5.82 Å². The summed E-state index contributed by atoms with van der Waals surface area (Å²) in [6.07, 6.45) is -1.24. The number of rotatable bonds is 5. The van der Waals surface area contributed by atoms with Crippen molar-refractivity contribution in [1.29, 1.82) is 0 Å². The van der Waals surface area contributed by atoms with Crippen LogP contribution in [0.2, 0.25) is 0 Å². The van der Waals surface area contributed by atoms with Crippen molar-refractivity contribution in [3.63, 3.8) is 0 Å². The quantitative estimate of drug-likeness (QED) is 0.475. The molecule has 0 bridgehead atoms. The topological polar surface area (TPSA) is 102 Å². The van der Waals surface area contributed by atoms with Crippen LogP contribution in [0.25, 0.3) is 11.6 Å². The zero-order valence-corrected chi connectivity index (χ0v) is 21.3. The smallest absolute Gasteiger partial charge is 0.407 e. The molecule has 0 unspecified atom stereocenters. The summed E-state index contributed by atoms with van der Waals surface area (Å²) in [5.74, 6) is -0.857. The van der Waals surface area contributed by atoms with Gasteiger partial charge in [-0.1, -0.05) is 0 Å². The predicted octanol–water partition coefficient (Wildman–Crippen LogP) is 4.02. The first kappa shape index (κ1) is 26.2. The number of hydrogen-bond acceptors (Lipinski definition) is 6. The molecule has 4 heterocycles. The van der Waals surface area contributed by atoms with Crippen molar-refractivity contribution in [3.05, 3.63) is 46.8 Å². The first-order valence-electron chi connectivity index (χ1n) is 12.2. The summed E-state index contributed by atoms with van der Waals surface area (Å²) in [5, 5.41) is 8.81. The fourth-order valence-electron chi connectivity index (χ4n) is 4.97. The third-order valence-corrected chi connectivity index (χ3v) is 6.73. The van der Waals surface area contributed by atoms with Gasteiger partial charge in [-0.25, -0.2) is 23.8 Å². The molecular weight excluding hydrogens is 510 g/mol. The van der Waals surface area contributed by atoms with E-state index in [2.05, 4.69) is 25.5 Å². The number of amides is 1. The number of alkyl halides is 2. The van der Waals surface area contributed by atoms with Gasteiger partial charge in [0.05, 0.1) is 24.0 Å². The molecule has 2 aromatic heterocycles. The number of nitrogens with one attached hydrogen (secondary N) is 2. The van der Waals surface area contributed by atoms with Crippen LogP contribution in [0.5, 0.6) is 0 Å². The summed E-state index contributed by atoms with van der Waals surface area (Å²) < 4.78 is 68.7. The molecule has 1 amide bonds. The van der Waals surface area contributed by atoms with Crippen LogP contribution in [0, 0.1) is 11.6 Å². The highest BCUT2D eigenvalue weighted by Gasteiger charge is 2.41. The number of nitrogens with zero attached hydrogens (tertiary/aromatic N) is 5. The van der Waals surface area contributed by atoms with Crippen LogP contribution < -0.4 is 5.32 Å². The number of imidazole rings is 1. The number of benzene rings is 1. The molecule has 1 fully saturated rings. The van der Waals surface area contributed by atoms with Crippen LogP contribution in [-0.4, -0.2) is 59.8 Å². The van der Waals surface area contributed by atoms with E-state index < -0.39 is 42.0 Å². The van der Waals surface area contributed by atoms with Gasteiger partial charge >= 0.3 is 12.6 Å². The summed E-state index contributed by atoms with van der Waals surface area (Å²) in [5.41, 5.74) is 0.831. The Labute approximate surface area is 215 Å². The van der Waals surface area contributed by atoms with Gasteiger partial charge in [0.2, 0.25) is 5.82 Å². The molecule has 3 aromatic rings. The Balaban J connectivity index is 1.34. The van der Waals surface area contributed by atoms with Crippen LogP contribution in [0.1, 0.15) is 56.8 Å². The summed E-state index contributed by atoms with van der Waals surface area (Å²) >= 11 is 0. The fourth-order valence-corrected chi connectivity index (χ4v) is 4.97. The summed E-state index contributed by atoms with van der Waals surface area (Å²) in [6.45, 7) is 3.51. The van der Waals surface area contributed by atoms with Gasteiger partial charge in [0.1, 0.15) is 23.3 Å². The molecule has 1 aromatic carbocycles. The van der Waals surface area contributed by atoms with Crippen LogP contribution >= 0.6 is 0 Å². The molecule has 2 aliphatic heterocycles. The van der Waals surface area contributed by atoms with E-state index in [9.17, 15) is 22.4 Å². The number of aromatic amines is 1. The van der Waals surface area contributed by atoms with E-state index in [1.165, 1.54) is 0 Å². The monoisotopic (exact) mass is 539 g/mol. The Kier molecular flexibility index (Phi) is 6.71. The van der Waals surface area contributed by atoms with Crippen molar-refractivity contribution in [2.24, 2.45) is 7.05 Å². The van der Waals surface area contributed by atoms with Crippen molar-refractivity contribution in [1.82, 2.24) is 34.8 Å². The van der Waals surface area contributed by atoms with Crippen molar-refractivity contribution in [2.45, 2.75) is 70.6 Å². The molecule has 5 rings (SSSR count). The maximum absolute atomic E-state index is 14.7. The molecule has 38 heavy (non-hydrogen) atoms. The lowest BCUT2D eigenvalue weighted by Crippen LogP contribution is -2.52. The van der Waals surface area contributed by atoms with Crippen LogP contribution in [0.15, 0.2) is 18.2 Å². The molecular formula is C24H29F4N7O3. The lowest BCUT2D eigenvalue weighted by Gasteiger charge is -2.40. The Morgan fingerprint density at radius 2 is 2.00 bits per heavy atom. The van der Waals surface area contributed by atoms with E-state index in [0.717, 1.165) is 29.6 Å². The fraction of sp³-hybridized carbons (Fsp3) is 0.542. The molecule has 1 saturated heterocycles. The first-order chi connectivity index (χ1) is 17.9. The van der Waals surface area contributed by atoms with Crippen LogP contribution in [0.4, 0.5) is 22.4 Å². The first-order valence-corrected chi connectivity index (χ1v) is 12.2. The van der Waals surface area contributed by atoms with Gasteiger partial charge in [-0.15, -0.1) is 5.10 Å². The van der Waals surface area contributed by atoms with E-state index in [-0.39, 0.29) is 24.0 Å². The van der Waals surface area contributed by atoms with Crippen molar-refractivity contribution < 1.29 is 31.8 Å². The van der Waals surface area contributed by atoms with Gasteiger partial charge in [-0.2, -0.15) is 13.5 Å². The minimum absolute atomic E-state index is 0.0130. The van der Waals surface area contributed by atoms with Crippen molar-refractivity contribution in [3.8, 4) is 11.6 Å². The lowest BCUT2D eigenvalue weighted by atomic mass is 9.92. The van der Waals surface area contributed by atoms with Gasteiger partial charge in [0.25, 0.3) is 0 Å². The van der Waals surface area contributed by atoms with Crippen molar-refractivity contribution in [2.75, 3.05) is 6.61 Å². The molecule has 0 aliphatic carbocycles. The second kappa shape index (κ2) is 9.73. The Morgan fingerprint density at radius 1 is 1.24 bits per heavy atom. The standard InChI is InChI=1S/C24H29F4N7O3/c1-24(2,3)38-23(36)30-16-8-13(11-37-19(16)14-7-12(25)5-6-15(14)26)34-9-17-18(10-34)33(4)20(29-17)21-31-32-35(21)22(27)28/h5-7,13,16,19,22,32H,8-11H2,1-4H3,(H,30,36)/t13-,16+,19-/m1/s1. The molecule has 206 valence electrons. The van der Waals surface area contributed by atoms with Crippen molar-refractivity contribution >= 4 is 6.09 Å². The Bertz CT molecular complexity index is 1330. The minimum Gasteiger partial charge on any atom is -0.444 e. The van der Waals surface area contributed by atoms with E-state index >= 15 is 0 Å². The number of aromatic nitrogens is 5. The van der Waals surface area contributed by atoms with E-state index in [1.54, 1.807) is 32.4 Å². The van der Waals surface area contributed by atoms with Gasteiger partial charge < -0.3 is 19.4 Å². The normalized spacial score (nSPS) is 22.2. The van der Waals surface area contributed by atoms with E-state index in [4.69, 9.17) is 9.47 Å². The Hall–Kier alpha value is -3.39. The molecule has 10 nitrogen and oxygen atoms in total. The summed E-state index contributed by atoms with van der Waals surface area (Å²) in [7, 11) is 1.74. The minimum atomic E-state index is -2.75. The number of carbonyl (C=O) groups is 1. The highest BCUT2D eigenvalue weighted by molar-refractivity contribution is 5.68. The number of H-pyrrole nitrogens is 1. The number of carbonyl (C=O) groups excluding carboxylic acids is 1. The number of fused-ring (bicyclic) bond motifs is 1. The van der Waals surface area contributed by atoms with Gasteiger partial charge in [-0.3, -0.25) is 4.90 Å². The zero-order valence-electron chi connectivity index (χ0n) is 21.3. The summed E-state index contributed by atoms with van der Waals surface area (Å²) in [6, 6.07) is 2.22. The highest BCUT2D eigenvalue weighted by Crippen LogP contribution is 2.36. The third kappa shape index (κ3) is 5.01. The number of halogens is 4. The second-order valence-electron chi connectivity index (χ2n) is 10.5. The number of ether oxygens (including phenoxy) is 2. The Morgan fingerprint density at radius 3 is 2.63 bits per heavy atom. The van der Waals surface area contributed by atoms with Gasteiger partial charge in [-0.05, 0) is 45.4 Å². The SMILES string of the molecule is Cn1c(-c2n[nH]n2C(F)F)nc2c1CN([C@H]1CO[C@H](c3cc(F)ccc3F)[C@@H](NC(=O)OC(C)(C)C)C1)C2. The van der Waals surface area contributed by atoms with E-state index in [1.807, 2.05) is 0 Å². The molecule has 0 radical (unpaired) electrons. The average Bonchev–Trinajstić information content (AvgIpc) is 3.33. The maximum Gasteiger partial charge on any atom is 0.407 e. The maximum atomic E-state index is 14.7. The van der Waals surface area contributed by atoms with Crippen LogP contribution in [0.3, 0.4) is 0 Å². The number of hydrogen-bond donors (Lipinski definition) is 2. The molecule has 2 N–H and O–H groups in total. The molecule has 0 saturated carbocycles. The molecule has 0 spiro atoms. The highest BCUT2D eigenvalue weighted by atomic mass is 19.3. The zero-order chi connectivity index (χ0) is 27.4. The molecule has 2 aliphatic rings.